The topological polar surface area (TPSA) is 39.9 Å². The van der Waals surface area contributed by atoms with E-state index in [1.54, 1.807) is 6.33 Å². The van der Waals surface area contributed by atoms with Crippen LogP contribution >= 0.6 is 0 Å². The molecule has 1 unspecified atom stereocenters. The largest absolute Gasteiger partial charge is 0.370 e. The third-order valence-electron chi connectivity index (χ3n) is 2.76. The molecule has 2 heterocycles. The van der Waals surface area contributed by atoms with Crippen LogP contribution in [0.1, 0.15) is 52.0 Å². The summed E-state index contributed by atoms with van der Waals surface area (Å²) in [7, 11) is 0. The van der Waals surface area contributed by atoms with E-state index in [9.17, 15) is 0 Å². The first kappa shape index (κ1) is 10.6. The zero-order valence-corrected chi connectivity index (χ0v) is 9.73. The molecule has 1 aromatic rings. The van der Waals surface area contributed by atoms with Gasteiger partial charge in [-0.15, -0.1) is 10.2 Å². The summed E-state index contributed by atoms with van der Waals surface area (Å²) >= 11 is 0. The second-order valence-corrected chi connectivity index (χ2v) is 5.09. The lowest BCUT2D eigenvalue weighted by Gasteiger charge is -2.27. The van der Waals surface area contributed by atoms with E-state index in [4.69, 9.17) is 4.74 Å². The Kier molecular flexibility index (Phi) is 2.78. The zero-order chi connectivity index (χ0) is 10.9. The summed E-state index contributed by atoms with van der Waals surface area (Å²) in [5.41, 5.74) is 0.0274. The third kappa shape index (κ3) is 2.20. The van der Waals surface area contributed by atoms with Crippen LogP contribution in [0.25, 0.3) is 0 Å². The Morgan fingerprint density at radius 2 is 2.20 bits per heavy atom. The maximum Gasteiger partial charge on any atom is 0.162 e. The molecule has 0 bridgehead atoms. The Morgan fingerprint density at radius 3 is 2.80 bits per heavy atom. The molecule has 1 aliphatic heterocycles. The van der Waals surface area contributed by atoms with Crippen molar-refractivity contribution >= 4 is 0 Å². The van der Waals surface area contributed by atoms with Crippen molar-refractivity contribution in [3.05, 3.63) is 12.2 Å². The van der Waals surface area contributed by atoms with Crippen molar-refractivity contribution in [2.45, 2.75) is 51.7 Å². The van der Waals surface area contributed by atoms with Crippen LogP contribution in [-0.4, -0.2) is 21.4 Å². The zero-order valence-electron chi connectivity index (χ0n) is 9.73. The van der Waals surface area contributed by atoms with E-state index in [2.05, 4.69) is 35.5 Å². The maximum absolute atomic E-state index is 5.73. The molecule has 0 aromatic carbocycles. The average molecular weight is 209 g/mol. The lowest BCUT2D eigenvalue weighted by Crippen LogP contribution is -2.26. The van der Waals surface area contributed by atoms with Gasteiger partial charge in [-0.1, -0.05) is 0 Å². The lowest BCUT2D eigenvalue weighted by molar-refractivity contribution is 0.00506. The Hall–Kier alpha value is -0.900. The molecule has 1 fully saturated rings. The van der Waals surface area contributed by atoms with E-state index < -0.39 is 0 Å². The highest BCUT2D eigenvalue weighted by Crippen LogP contribution is 2.28. The fourth-order valence-electron chi connectivity index (χ4n) is 1.92. The SMILES string of the molecule is CC(C)(C)n1cnnc1C1CCCCO1. The van der Waals surface area contributed by atoms with Gasteiger partial charge in [-0.25, -0.2) is 0 Å². The van der Waals surface area contributed by atoms with Crippen LogP contribution in [0.4, 0.5) is 0 Å². The minimum atomic E-state index is 0.0274. The van der Waals surface area contributed by atoms with E-state index in [1.165, 1.54) is 12.8 Å². The van der Waals surface area contributed by atoms with Crippen molar-refractivity contribution in [2.75, 3.05) is 6.61 Å². The van der Waals surface area contributed by atoms with Crippen molar-refractivity contribution in [2.24, 2.45) is 0 Å². The van der Waals surface area contributed by atoms with Crippen molar-refractivity contribution in [1.29, 1.82) is 0 Å². The molecule has 0 amide bonds. The molecule has 2 rings (SSSR count). The van der Waals surface area contributed by atoms with Crippen LogP contribution in [0.2, 0.25) is 0 Å². The number of ether oxygens (including phenoxy) is 1. The van der Waals surface area contributed by atoms with Gasteiger partial charge in [0.2, 0.25) is 0 Å². The highest BCUT2D eigenvalue weighted by Gasteiger charge is 2.25. The van der Waals surface area contributed by atoms with Crippen LogP contribution < -0.4 is 0 Å². The second kappa shape index (κ2) is 3.93. The number of hydrogen-bond donors (Lipinski definition) is 0. The molecule has 84 valence electrons. The molecule has 0 saturated carbocycles. The predicted octanol–water partition coefficient (Wildman–Crippen LogP) is 2.27. The highest BCUT2D eigenvalue weighted by molar-refractivity contribution is 4.97. The molecular weight excluding hydrogens is 190 g/mol. The predicted molar refractivity (Wildman–Crippen MR) is 57.6 cm³/mol. The standard InChI is InChI=1S/C11H19N3O/c1-11(2,3)14-8-12-13-10(14)9-6-4-5-7-15-9/h8-9H,4-7H2,1-3H3. The average Bonchev–Trinajstić information content (AvgIpc) is 2.67. The molecule has 0 N–H and O–H groups in total. The minimum absolute atomic E-state index is 0.0274. The summed E-state index contributed by atoms with van der Waals surface area (Å²) in [4.78, 5) is 0. The smallest absolute Gasteiger partial charge is 0.162 e. The van der Waals surface area contributed by atoms with Gasteiger partial charge in [0.1, 0.15) is 12.4 Å². The van der Waals surface area contributed by atoms with Crippen molar-refractivity contribution in [3.63, 3.8) is 0 Å². The molecule has 1 aromatic heterocycles. The van der Waals surface area contributed by atoms with Crippen molar-refractivity contribution < 1.29 is 4.74 Å². The van der Waals surface area contributed by atoms with Gasteiger partial charge >= 0.3 is 0 Å². The van der Waals surface area contributed by atoms with Gasteiger partial charge in [0.05, 0.1) is 0 Å². The summed E-state index contributed by atoms with van der Waals surface area (Å²) in [6.45, 7) is 7.32. The Morgan fingerprint density at radius 1 is 1.40 bits per heavy atom. The van der Waals surface area contributed by atoms with Gasteiger partial charge in [0.15, 0.2) is 5.82 Å². The van der Waals surface area contributed by atoms with Crippen LogP contribution in [0, 0.1) is 0 Å². The molecule has 0 radical (unpaired) electrons. The van der Waals surface area contributed by atoms with Gasteiger partial charge in [0.25, 0.3) is 0 Å². The van der Waals surface area contributed by atoms with Gasteiger partial charge in [-0.3, -0.25) is 0 Å². The van der Waals surface area contributed by atoms with Crippen LogP contribution in [0.3, 0.4) is 0 Å². The Bertz CT molecular complexity index is 321. The Balaban J connectivity index is 2.24. The molecular formula is C11H19N3O. The van der Waals surface area contributed by atoms with E-state index in [-0.39, 0.29) is 11.6 Å². The number of nitrogens with zero attached hydrogens (tertiary/aromatic N) is 3. The molecule has 0 spiro atoms. The first-order valence-electron chi connectivity index (χ1n) is 5.61. The lowest BCUT2D eigenvalue weighted by atomic mass is 10.1. The molecule has 1 saturated heterocycles. The fourth-order valence-corrected chi connectivity index (χ4v) is 1.92. The molecule has 1 atom stereocenters. The normalized spacial score (nSPS) is 23.0. The minimum Gasteiger partial charge on any atom is -0.370 e. The monoisotopic (exact) mass is 209 g/mol. The van der Waals surface area contributed by atoms with E-state index >= 15 is 0 Å². The molecule has 0 aliphatic carbocycles. The maximum atomic E-state index is 5.73. The van der Waals surface area contributed by atoms with Crippen molar-refractivity contribution in [3.8, 4) is 0 Å². The highest BCUT2D eigenvalue weighted by atomic mass is 16.5. The summed E-state index contributed by atoms with van der Waals surface area (Å²) in [6, 6.07) is 0. The van der Waals surface area contributed by atoms with Crippen molar-refractivity contribution in [1.82, 2.24) is 14.8 Å². The molecule has 4 nitrogen and oxygen atoms in total. The van der Waals surface area contributed by atoms with Gasteiger partial charge < -0.3 is 9.30 Å². The quantitative estimate of drug-likeness (QED) is 0.712. The first-order valence-corrected chi connectivity index (χ1v) is 5.61. The summed E-state index contributed by atoms with van der Waals surface area (Å²) in [5, 5.41) is 8.19. The van der Waals surface area contributed by atoms with Gasteiger partial charge in [0, 0.05) is 12.1 Å². The Labute approximate surface area is 90.7 Å². The van der Waals surface area contributed by atoms with Crippen LogP contribution in [0.5, 0.6) is 0 Å². The van der Waals surface area contributed by atoms with E-state index in [1.807, 2.05) is 0 Å². The second-order valence-electron chi connectivity index (χ2n) is 5.09. The molecule has 1 aliphatic rings. The number of hydrogen-bond acceptors (Lipinski definition) is 3. The van der Waals surface area contributed by atoms with Gasteiger partial charge in [-0.2, -0.15) is 0 Å². The van der Waals surface area contributed by atoms with Crippen LogP contribution in [-0.2, 0) is 10.3 Å². The number of rotatable bonds is 1. The van der Waals surface area contributed by atoms with Gasteiger partial charge in [-0.05, 0) is 40.0 Å². The summed E-state index contributed by atoms with van der Waals surface area (Å²) in [5.74, 6) is 0.974. The molecule has 4 heteroatoms. The summed E-state index contributed by atoms with van der Waals surface area (Å²) in [6.07, 6.45) is 5.39. The van der Waals surface area contributed by atoms with E-state index in [0.717, 1.165) is 18.9 Å². The number of aromatic nitrogens is 3. The summed E-state index contributed by atoms with van der Waals surface area (Å²) < 4.78 is 7.85. The first-order chi connectivity index (χ1) is 7.09. The van der Waals surface area contributed by atoms with E-state index in [0.29, 0.717) is 0 Å². The fraction of sp³-hybridized carbons (Fsp3) is 0.818. The van der Waals surface area contributed by atoms with Crippen LogP contribution in [0.15, 0.2) is 6.33 Å². The molecule has 15 heavy (non-hydrogen) atoms. The third-order valence-corrected chi connectivity index (χ3v) is 2.76.